The Labute approximate surface area is 232 Å². The van der Waals surface area contributed by atoms with E-state index >= 15 is 0 Å². The summed E-state index contributed by atoms with van der Waals surface area (Å²) in [6.07, 6.45) is 22.8. The Kier molecular flexibility index (Phi) is 10.3. The fourth-order valence-electron chi connectivity index (χ4n) is 4.38. The molecule has 2 aromatic carbocycles. The summed E-state index contributed by atoms with van der Waals surface area (Å²) in [5.74, 6) is 0.139. The number of ketones is 1. The van der Waals surface area contributed by atoms with Crippen LogP contribution in [0.3, 0.4) is 0 Å². The van der Waals surface area contributed by atoms with Gasteiger partial charge in [-0.1, -0.05) is 86.3 Å². The van der Waals surface area contributed by atoms with Gasteiger partial charge in [-0.05, 0) is 89.8 Å². The maximum absolute atomic E-state index is 12.6. The van der Waals surface area contributed by atoms with Gasteiger partial charge in [-0.3, -0.25) is 14.8 Å². The largest absolute Gasteiger partial charge is 0.294 e. The fraction of sp³-hybridized carbons (Fsp3) is 0.194. The van der Waals surface area contributed by atoms with Crippen molar-refractivity contribution in [3.63, 3.8) is 0 Å². The third-order valence-corrected chi connectivity index (χ3v) is 6.87. The maximum atomic E-state index is 12.6. The minimum Gasteiger partial charge on any atom is -0.294 e. The van der Waals surface area contributed by atoms with Gasteiger partial charge in [0.05, 0.1) is 5.71 Å². The van der Waals surface area contributed by atoms with Crippen molar-refractivity contribution in [3.05, 3.63) is 156 Å². The maximum Gasteiger partial charge on any atom is 0.166 e. The Morgan fingerprint density at radius 2 is 1.56 bits per heavy atom. The van der Waals surface area contributed by atoms with E-state index in [1.165, 1.54) is 22.3 Å². The zero-order valence-corrected chi connectivity index (χ0v) is 22.7. The molecule has 4 rings (SSSR count). The fourth-order valence-corrected chi connectivity index (χ4v) is 4.38. The van der Waals surface area contributed by atoms with Gasteiger partial charge < -0.3 is 0 Å². The number of carbonyl (C=O) groups is 1. The number of hydrogen-bond acceptors (Lipinski definition) is 3. The number of aliphatic imine (C=N–C) groups is 1. The van der Waals surface area contributed by atoms with Crippen LogP contribution in [0.5, 0.6) is 0 Å². The van der Waals surface area contributed by atoms with E-state index in [1.54, 1.807) is 0 Å². The van der Waals surface area contributed by atoms with E-state index in [0.717, 1.165) is 54.5 Å². The van der Waals surface area contributed by atoms with Crippen molar-refractivity contribution in [2.45, 2.75) is 45.4 Å². The number of nitrogens with zero attached hydrogens (tertiary/aromatic N) is 2. The first-order valence-corrected chi connectivity index (χ1v) is 13.7. The van der Waals surface area contributed by atoms with Crippen LogP contribution in [0.1, 0.15) is 58.8 Å². The average Bonchev–Trinajstić information content (AvgIpc) is 2.96. The molecule has 2 heterocycles. The lowest BCUT2D eigenvalue weighted by Gasteiger charge is -2.08. The van der Waals surface area contributed by atoms with E-state index in [2.05, 4.69) is 59.9 Å². The van der Waals surface area contributed by atoms with E-state index in [0.29, 0.717) is 6.42 Å². The molecule has 0 saturated carbocycles. The second-order valence-corrected chi connectivity index (χ2v) is 9.65. The molecule has 196 valence electrons. The molecule has 1 aromatic heterocycles. The van der Waals surface area contributed by atoms with Crippen LogP contribution in [-0.4, -0.2) is 16.5 Å². The predicted molar refractivity (Wildman–Crippen MR) is 164 cm³/mol. The minimum absolute atomic E-state index is 0.139. The SMILES string of the molecule is C=C(CCc1ccc(C(=O)C/C=C/CCc2ccncc2)cc1)C1=N/C=C\C(c2ccc(CC)cc2)=C\C=C\1. The van der Waals surface area contributed by atoms with Crippen LogP contribution in [-0.2, 0) is 19.3 Å². The Morgan fingerprint density at radius 3 is 2.31 bits per heavy atom. The van der Waals surface area contributed by atoms with Gasteiger partial charge in [0.15, 0.2) is 5.78 Å². The van der Waals surface area contributed by atoms with Gasteiger partial charge in [-0.2, -0.15) is 0 Å². The lowest BCUT2D eigenvalue weighted by molar-refractivity contribution is 0.0995. The van der Waals surface area contributed by atoms with Crippen molar-refractivity contribution in [2.75, 3.05) is 0 Å². The molecule has 3 aromatic rings. The monoisotopic (exact) mass is 512 g/mol. The zero-order valence-electron chi connectivity index (χ0n) is 22.7. The van der Waals surface area contributed by atoms with E-state index in [-0.39, 0.29) is 5.78 Å². The van der Waals surface area contributed by atoms with Crippen molar-refractivity contribution in [1.29, 1.82) is 0 Å². The predicted octanol–water partition coefficient (Wildman–Crippen LogP) is 8.50. The molecule has 0 spiro atoms. The molecule has 3 nitrogen and oxygen atoms in total. The molecule has 0 amide bonds. The first kappa shape index (κ1) is 27.7. The first-order chi connectivity index (χ1) is 19.1. The summed E-state index contributed by atoms with van der Waals surface area (Å²) in [5.41, 5.74) is 8.74. The average molecular weight is 513 g/mol. The molecule has 0 unspecified atom stereocenters. The zero-order chi connectivity index (χ0) is 27.3. The van der Waals surface area contributed by atoms with E-state index in [4.69, 9.17) is 0 Å². The Morgan fingerprint density at radius 1 is 0.846 bits per heavy atom. The third kappa shape index (κ3) is 8.58. The molecule has 0 N–H and O–H groups in total. The van der Waals surface area contributed by atoms with Gasteiger partial charge >= 0.3 is 0 Å². The molecule has 0 bridgehead atoms. The molecule has 1 aliphatic heterocycles. The van der Waals surface area contributed by atoms with Gasteiger partial charge in [0, 0.05) is 30.6 Å². The lowest BCUT2D eigenvalue weighted by atomic mass is 9.99. The quantitative estimate of drug-likeness (QED) is 0.180. The van der Waals surface area contributed by atoms with Crippen molar-refractivity contribution in [3.8, 4) is 0 Å². The topological polar surface area (TPSA) is 42.3 Å². The van der Waals surface area contributed by atoms with Crippen molar-refractivity contribution >= 4 is 17.1 Å². The van der Waals surface area contributed by atoms with Crippen LogP contribution >= 0.6 is 0 Å². The number of benzene rings is 2. The summed E-state index contributed by atoms with van der Waals surface area (Å²) >= 11 is 0. The molecular weight excluding hydrogens is 476 g/mol. The summed E-state index contributed by atoms with van der Waals surface area (Å²) in [7, 11) is 0. The van der Waals surface area contributed by atoms with Gasteiger partial charge in [0.1, 0.15) is 0 Å². The number of aromatic nitrogens is 1. The van der Waals surface area contributed by atoms with Crippen LogP contribution in [0.25, 0.3) is 5.57 Å². The number of pyridine rings is 1. The highest BCUT2D eigenvalue weighted by Crippen LogP contribution is 2.20. The number of allylic oxidation sites excluding steroid dienone is 8. The van der Waals surface area contributed by atoms with Crippen LogP contribution in [0.2, 0.25) is 0 Å². The summed E-state index contributed by atoms with van der Waals surface area (Å²) in [5, 5.41) is 0. The highest BCUT2D eigenvalue weighted by atomic mass is 16.1. The first-order valence-electron chi connectivity index (χ1n) is 13.7. The van der Waals surface area contributed by atoms with Crippen LogP contribution < -0.4 is 0 Å². The summed E-state index contributed by atoms with van der Waals surface area (Å²) in [6, 6.07) is 20.7. The molecule has 0 atom stereocenters. The summed E-state index contributed by atoms with van der Waals surface area (Å²) in [6.45, 7) is 6.44. The molecule has 0 aliphatic carbocycles. The highest BCUT2D eigenvalue weighted by molar-refractivity contribution is 6.08. The Bertz CT molecular complexity index is 1400. The number of carbonyl (C=O) groups excluding carboxylic acids is 1. The number of hydrogen-bond donors (Lipinski definition) is 0. The van der Waals surface area contributed by atoms with Crippen LogP contribution in [0, 0.1) is 0 Å². The number of Topliss-reactive ketones (excluding diaryl/α,β-unsaturated/α-hetero) is 1. The Balaban J connectivity index is 1.23. The standard InChI is InChI=1S/C36H36N2O/c1-3-29-14-18-33(19-15-29)32-9-7-10-35(38-27-24-32)28(2)12-13-31-16-20-34(21-17-31)36(39)11-6-4-5-8-30-22-25-37-26-23-30/h4,6-7,9-10,14-27H,2-3,5,8,11-13H2,1H3/b6-4+,9-7?,10-7+,27-24-,32-9-,32-24?,35-10?,38-27?,38-35+. The molecule has 3 heteroatoms. The minimum atomic E-state index is 0.139. The Hall–Kier alpha value is -4.37. The van der Waals surface area contributed by atoms with E-state index in [1.807, 2.05) is 79.3 Å². The second kappa shape index (κ2) is 14.5. The van der Waals surface area contributed by atoms with E-state index in [9.17, 15) is 4.79 Å². The van der Waals surface area contributed by atoms with Crippen LogP contribution in [0.15, 0.2) is 133 Å². The molecule has 0 radical (unpaired) electrons. The van der Waals surface area contributed by atoms with Gasteiger partial charge in [-0.25, -0.2) is 0 Å². The van der Waals surface area contributed by atoms with E-state index < -0.39 is 0 Å². The summed E-state index contributed by atoms with van der Waals surface area (Å²) < 4.78 is 0. The van der Waals surface area contributed by atoms with Gasteiger partial charge in [-0.15, -0.1) is 0 Å². The lowest BCUT2D eigenvalue weighted by Crippen LogP contribution is -2.01. The molecule has 39 heavy (non-hydrogen) atoms. The van der Waals surface area contributed by atoms with Crippen LogP contribution in [0.4, 0.5) is 0 Å². The molecule has 0 saturated heterocycles. The molecule has 0 fully saturated rings. The van der Waals surface area contributed by atoms with Crippen molar-refractivity contribution < 1.29 is 4.79 Å². The molecule has 1 aliphatic rings. The summed E-state index contributed by atoms with van der Waals surface area (Å²) in [4.78, 5) is 21.2. The third-order valence-electron chi connectivity index (χ3n) is 6.87. The van der Waals surface area contributed by atoms with Crippen molar-refractivity contribution in [2.24, 2.45) is 4.99 Å². The smallest absolute Gasteiger partial charge is 0.166 e. The molecular formula is C36H36N2O. The number of aryl methyl sites for hydroxylation is 3. The van der Waals surface area contributed by atoms with Gasteiger partial charge in [0.2, 0.25) is 0 Å². The second-order valence-electron chi connectivity index (χ2n) is 9.65. The number of rotatable bonds is 12. The van der Waals surface area contributed by atoms with Gasteiger partial charge in [0.25, 0.3) is 0 Å². The van der Waals surface area contributed by atoms with Crippen molar-refractivity contribution in [1.82, 2.24) is 4.98 Å². The highest BCUT2D eigenvalue weighted by Gasteiger charge is 2.07. The normalized spacial score (nSPS) is 17.4.